The second kappa shape index (κ2) is 11.2. The Bertz CT molecular complexity index is 1370. The van der Waals surface area contributed by atoms with E-state index in [0.29, 0.717) is 34.9 Å². The molecular formula is C31H33Cl2F3N2O4. The molecule has 5 aliphatic rings. The van der Waals surface area contributed by atoms with Crippen molar-refractivity contribution in [2.24, 2.45) is 23.7 Å². The molecule has 4 bridgehead atoms. The summed E-state index contributed by atoms with van der Waals surface area (Å²) in [5.41, 5.74) is -0.393. The molecule has 42 heavy (non-hydrogen) atoms. The van der Waals surface area contributed by atoms with Crippen LogP contribution in [0.15, 0.2) is 36.4 Å². The maximum Gasteiger partial charge on any atom is 0.417 e. The minimum absolute atomic E-state index is 0.113. The first-order valence-corrected chi connectivity index (χ1v) is 15.2. The molecule has 1 heterocycles. The molecule has 11 heteroatoms. The Labute approximate surface area is 252 Å². The number of benzene rings is 2. The highest BCUT2D eigenvalue weighted by atomic mass is 35.5. The molecule has 5 fully saturated rings. The highest BCUT2D eigenvalue weighted by molar-refractivity contribution is 6.31. The van der Waals surface area contributed by atoms with Crippen molar-refractivity contribution in [1.29, 1.82) is 0 Å². The zero-order valence-corrected chi connectivity index (χ0v) is 24.4. The Kier molecular flexibility index (Phi) is 7.90. The molecular weight excluding hydrogens is 592 g/mol. The number of carbonyl (C=O) groups excluding carboxylic acids is 2. The van der Waals surface area contributed by atoms with E-state index in [9.17, 15) is 27.9 Å². The SMILES string of the molecule is O=C(COc1ccc(CC2CCN(C3C4CC5CC3CC(O)(C5)C4)C2=O)c(Cl)c1)NCc1ccc(Cl)c(C(F)(F)F)c1. The maximum atomic E-state index is 13.5. The molecule has 0 aromatic heterocycles. The number of carbonyl (C=O) groups is 2. The number of likely N-dealkylation sites (tertiary alicyclic amines) is 1. The van der Waals surface area contributed by atoms with Gasteiger partial charge in [0.05, 0.1) is 16.2 Å². The summed E-state index contributed by atoms with van der Waals surface area (Å²) < 4.78 is 44.7. The average molecular weight is 626 g/mol. The predicted octanol–water partition coefficient (Wildman–Crippen LogP) is 6.04. The van der Waals surface area contributed by atoms with Gasteiger partial charge < -0.3 is 20.1 Å². The van der Waals surface area contributed by atoms with Gasteiger partial charge in [-0.25, -0.2) is 0 Å². The molecule has 4 saturated carbocycles. The number of nitrogens with one attached hydrogen (secondary N) is 1. The smallest absolute Gasteiger partial charge is 0.417 e. The van der Waals surface area contributed by atoms with Gasteiger partial charge in [-0.3, -0.25) is 9.59 Å². The first-order chi connectivity index (χ1) is 19.9. The summed E-state index contributed by atoms with van der Waals surface area (Å²) in [5, 5.41) is 13.5. The van der Waals surface area contributed by atoms with Crippen LogP contribution in [0.5, 0.6) is 5.75 Å². The summed E-state index contributed by atoms with van der Waals surface area (Å²) in [5.74, 6) is 1.27. The van der Waals surface area contributed by atoms with Crippen LogP contribution in [-0.2, 0) is 28.7 Å². The molecule has 226 valence electrons. The van der Waals surface area contributed by atoms with Crippen LogP contribution in [-0.4, -0.2) is 46.6 Å². The van der Waals surface area contributed by atoms with Gasteiger partial charge in [0.2, 0.25) is 5.91 Å². The van der Waals surface area contributed by atoms with Gasteiger partial charge in [0.1, 0.15) is 5.75 Å². The highest BCUT2D eigenvalue weighted by Crippen LogP contribution is 2.57. The molecule has 6 nitrogen and oxygen atoms in total. The normalized spacial score (nSPS) is 30.2. The molecule has 3 unspecified atom stereocenters. The summed E-state index contributed by atoms with van der Waals surface area (Å²) in [7, 11) is 0. The summed E-state index contributed by atoms with van der Waals surface area (Å²) in [4.78, 5) is 27.9. The van der Waals surface area contributed by atoms with Crippen LogP contribution in [0.1, 0.15) is 55.2 Å². The largest absolute Gasteiger partial charge is 0.484 e. The third-order valence-corrected chi connectivity index (χ3v) is 10.3. The van der Waals surface area contributed by atoms with E-state index in [1.165, 1.54) is 6.07 Å². The third kappa shape index (κ3) is 5.97. The van der Waals surface area contributed by atoms with E-state index in [-0.39, 0.29) is 36.6 Å². The lowest BCUT2D eigenvalue weighted by atomic mass is 9.52. The van der Waals surface area contributed by atoms with Crippen LogP contribution < -0.4 is 10.1 Å². The maximum absolute atomic E-state index is 13.5. The van der Waals surface area contributed by atoms with Crippen LogP contribution in [0.2, 0.25) is 10.0 Å². The zero-order chi connectivity index (χ0) is 29.8. The van der Waals surface area contributed by atoms with Gasteiger partial charge in [-0.05, 0) is 98.1 Å². The molecule has 2 aromatic carbocycles. The van der Waals surface area contributed by atoms with Crippen molar-refractivity contribution in [2.45, 2.75) is 69.3 Å². The van der Waals surface area contributed by atoms with Crippen molar-refractivity contribution in [3.05, 3.63) is 63.1 Å². The van der Waals surface area contributed by atoms with Gasteiger partial charge in [0.25, 0.3) is 5.91 Å². The van der Waals surface area contributed by atoms with E-state index in [2.05, 4.69) is 10.2 Å². The van der Waals surface area contributed by atoms with Crippen LogP contribution in [0.4, 0.5) is 13.2 Å². The van der Waals surface area contributed by atoms with Gasteiger partial charge in [-0.15, -0.1) is 0 Å². The first kappa shape index (κ1) is 29.6. The zero-order valence-electron chi connectivity index (χ0n) is 22.9. The molecule has 2 amide bonds. The van der Waals surface area contributed by atoms with Crippen molar-refractivity contribution in [3.63, 3.8) is 0 Å². The lowest BCUT2D eigenvalue weighted by molar-refractivity contribution is -0.168. The van der Waals surface area contributed by atoms with Gasteiger partial charge in [-0.1, -0.05) is 35.3 Å². The Morgan fingerprint density at radius 3 is 2.48 bits per heavy atom. The van der Waals surface area contributed by atoms with Crippen LogP contribution in [0, 0.1) is 23.7 Å². The van der Waals surface area contributed by atoms with Crippen molar-refractivity contribution in [2.75, 3.05) is 13.2 Å². The fourth-order valence-corrected chi connectivity index (χ4v) is 8.53. The standard InChI is InChI=1S/C31H33Cl2F3N2O4/c32-25-4-1-17(9-24(25)31(34,35)36)15-37-27(39)16-42-23-3-2-19(26(33)11-23)10-20-5-6-38(29(20)40)28-21-7-18-8-22(28)14-30(41,12-18)13-21/h1-4,9,11,18,20-22,28,41H,5-8,10,12-16H2,(H,37,39). The second-order valence-electron chi connectivity index (χ2n) is 12.5. The van der Waals surface area contributed by atoms with Crippen molar-refractivity contribution >= 4 is 35.0 Å². The minimum atomic E-state index is -4.59. The molecule has 7 rings (SSSR count). The van der Waals surface area contributed by atoms with Gasteiger partial charge >= 0.3 is 6.18 Å². The molecule has 1 aliphatic heterocycles. The summed E-state index contributed by atoms with van der Waals surface area (Å²) in [6.45, 7) is 0.287. The summed E-state index contributed by atoms with van der Waals surface area (Å²) in [6, 6.07) is 8.81. The Hall–Kier alpha value is -2.49. The predicted molar refractivity (Wildman–Crippen MR) is 151 cm³/mol. The monoisotopic (exact) mass is 624 g/mol. The quantitative estimate of drug-likeness (QED) is 0.375. The summed E-state index contributed by atoms with van der Waals surface area (Å²) >= 11 is 12.2. The molecule has 2 aromatic rings. The Morgan fingerprint density at radius 2 is 1.81 bits per heavy atom. The average Bonchev–Trinajstić information content (AvgIpc) is 3.26. The van der Waals surface area contributed by atoms with E-state index >= 15 is 0 Å². The lowest BCUT2D eigenvalue weighted by Crippen LogP contribution is -2.62. The highest BCUT2D eigenvalue weighted by Gasteiger charge is 2.57. The number of amides is 2. The Morgan fingerprint density at radius 1 is 1.07 bits per heavy atom. The number of nitrogens with zero attached hydrogens (tertiary/aromatic N) is 1. The van der Waals surface area contributed by atoms with Crippen LogP contribution in [0.25, 0.3) is 0 Å². The number of rotatable bonds is 8. The number of hydrogen-bond acceptors (Lipinski definition) is 4. The molecule has 4 aliphatic carbocycles. The van der Waals surface area contributed by atoms with Crippen molar-refractivity contribution in [1.82, 2.24) is 10.2 Å². The second-order valence-corrected chi connectivity index (χ2v) is 13.4. The number of aliphatic hydroxyl groups is 1. The van der Waals surface area contributed by atoms with Gasteiger partial charge in [0.15, 0.2) is 6.61 Å². The molecule has 3 atom stereocenters. The topological polar surface area (TPSA) is 78.9 Å². The molecule has 1 saturated heterocycles. The van der Waals surface area contributed by atoms with Crippen LogP contribution in [0.3, 0.4) is 0 Å². The first-order valence-electron chi connectivity index (χ1n) is 14.4. The number of halogens is 5. The van der Waals surface area contributed by atoms with Crippen molar-refractivity contribution < 1.29 is 32.6 Å². The Balaban J connectivity index is 1.00. The third-order valence-electron chi connectivity index (χ3n) is 9.59. The van der Waals surface area contributed by atoms with E-state index in [4.69, 9.17) is 27.9 Å². The number of hydrogen-bond donors (Lipinski definition) is 2. The number of alkyl halides is 3. The van der Waals surface area contributed by atoms with E-state index in [1.807, 2.05) is 0 Å². The van der Waals surface area contributed by atoms with E-state index in [1.54, 1.807) is 18.2 Å². The summed E-state index contributed by atoms with van der Waals surface area (Å²) in [6.07, 6.45) is 1.47. The van der Waals surface area contributed by atoms with Crippen molar-refractivity contribution in [3.8, 4) is 5.75 Å². The fourth-order valence-electron chi connectivity index (χ4n) is 8.06. The molecule has 0 spiro atoms. The fraction of sp³-hybridized carbons (Fsp3) is 0.548. The molecule has 2 N–H and O–H groups in total. The van der Waals surface area contributed by atoms with Gasteiger partial charge in [-0.2, -0.15) is 13.2 Å². The number of ether oxygens (including phenoxy) is 1. The van der Waals surface area contributed by atoms with Crippen LogP contribution >= 0.6 is 23.2 Å². The van der Waals surface area contributed by atoms with E-state index in [0.717, 1.165) is 62.8 Å². The van der Waals surface area contributed by atoms with E-state index < -0.39 is 28.3 Å². The van der Waals surface area contributed by atoms with Gasteiger partial charge in [0, 0.05) is 30.1 Å². The lowest BCUT2D eigenvalue weighted by Gasteiger charge is -2.59. The minimum Gasteiger partial charge on any atom is -0.484 e. The molecule has 0 radical (unpaired) electrons.